The second-order valence-electron chi connectivity index (χ2n) is 7.31. The van der Waals surface area contributed by atoms with E-state index in [9.17, 15) is 14.9 Å². The van der Waals surface area contributed by atoms with Gasteiger partial charge >= 0.3 is 0 Å². The molecule has 166 valence electrons. The molecular weight excluding hydrogens is 444 g/mol. The molecule has 0 saturated carbocycles. The molecule has 1 amide bonds. The number of benzene rings is 3. The van der Waals surface area contributed by atoms with Gasteiger partial charge in [0.2, 0.25) is 0 Å². The highest BCUT2D eigenvalue weighted by molar-refractivity contribution is 6.30. The maximum Gasteiger partial charge on any atom is 0.269 e. The zero-order valence-corrected chi connectivity index (χ0v) is 18.2. The summed E-state index contributed by atoms with van der Waals surface area (Å²) in [5.74, 6) is 5.06. The average molecular weight is 463 g/mol. The molecule has 4 rings (SSSR count). The van der Waals surface area contributed by atoms with Crippen molar-refractivity contribution in [3.05, 3.63) is 98.6 Å². The van der Waals surface area contributed by atoms with E-state index in [0.29, 0.717) is 10.6 Å². The van der Waals surface area contributed by atoms with E-state index in [-0.39, 0.29) is 31.4 Å². The Kier molecular flexibility index (Phi) is 6.71. The van der Waals surface area contributed by atoms with Gasteiger partial charge in [-0.2, -0.15) is 0 Å². The number of aliphatic hydroxyl groups is 1. The van der Waals surface area contributed by atoms with Crippen LogP contribution in [0.25, 0.3) is 11.1 Å². The normalized spacial score (nSPS) is 14.5. The Balaban J connectivity index is 1.72. The summed E-state index contributed by atoms with van der Waals surface area (Å²) in [7, 11) is 0. The highest BCUT2D eigenvalue weighted by Crippen LogP contribution is 2.42. The van der Waals surface area contributed by atoms with Crippen molar-refractivity contribution in [2.24, 2.45) is 0 Å². The highest BCUT2D eigenvalue weighted by Gasteiger charge is 2.39. The Labute approximate surface area is 195 Å². The maximum atomic E-state index is 13.4. The molecule has 1 unspecified atom stereocenters. The van der Waals surface area contributed by atoms with E-state index in [1.54, 1.807) is 35.2 Å². The summed E-state index contributed by atoms with van der Waals surface area (Å²) in [6, 6.07) is 18.9. The van der Waals surface area contributed by atoms with Crippen molar-refractivity contribution in [2.45, 2.75) is 12.8 Å². The molecule has 1 aliphatic heterocycles. The molecule has 0 fully saturated rings. The topological polar surface area (TPSA) is 92.9 Å². The Morgan fingerprint density at radius 1 is 1.03 bits per heavy atom. The number of hydrogen-bond donors (Lipinski definition) is 1. The van der Waals surface area contributed by atoms with Crippen molar-refractivity contribution in [3.63, 3.8) is 0 Å². The van der Waals surface area contributed by atoms with Crippen LogP contribution in [0.3, 0.4) is 0 Å². The van der Waals surface area contributed by atoms with E-state index < -0.39 is 11.2 Å². The standard InChI is InChI=1S/C25H19ClN2O5/c26-19-10-8-18(9-11-19)21-4-3-5-22-23(21)25(33-15-2-1-14-29)27(24(22)30)16-17-6-12-20(13-7-17)28(31)32/h3-13,25,29H,14-16H2. The number of nitro benzene ring substituents is 1. The fourth-order valence-corrected chi connectivity index (χ4v) is 3.92. The molecule has 0 spiro atoms. The molecule has 0 bridgehead atoms. The summed E-state index contributed by atoms with van der Waals surface area (Å²) in [5.41, 5.74) is 3.67. The molecule has 0 saturated heterocycles. The van der Waals surface area contributed by atoms with E-state index in [1.807, 2.05) is 24.3 Å². The molecule has 33 heavy (non-hydrogen) atoms. The van der Waals surface area contributed by atoms with Crippen molar-refractivity contribution in [3.8, 4) is 23.0 Å². The summed E-state index contributed by atoms with van der Waals surface area (Å²) >= 11 is 6.05. The first-order valence-electron chi connectivity index (χ1n) is 10.1. The van der Waals surface area contributed by atoms with Crippen molar-refractivity contribution in [1.29, 1.82) is 0 Å². The summed E-state index contributed by atoms with van der Waals surface area (Å²) in [4.78, 5) is 25.4. The number of aliphatic hydroxyl groups excluding tert-OH is 1. The first-order chi connectivity index (χ1) is 16.0. The van der Waals surface area contributed by atoms with Crippen LogP contribution in [0.2, 0.25) is 5.02 Å². The number of carbonyl (C=O) groups excluding carboxylic acids is 1. The number of non-ortho nitro benzene ring substituents is 1. The molecular formula is C25H19ClN2O5. The predicted octanol–water partition coefficient (Wildman–Crippen LogP) is 4.58. The largest absolute Gasteiger partial charge is 0.384 e. The minimum absolute atomic E-state index is 0.0175. The first-order valence-corrected chi connectivity index (χ1v) is 10.5. The van der Waals surface area contributed by atoms with Crippen LogP contribution < -0.4 is 0 Å². The van der Waals surface area contributed by atoms with E-state index in [0.717, 1.165) is 22.3 Å². The molecule has 1 heterocycles. The Hall–Kier alpha value is -3.70. The maximum absolute atomic E-state index is 13.4. The molecule has 0 radical (unpaired) electrons. The van der Waals surface area contributed by atoms with Gasteiger partial charge in [-0.05, 0) is 34.9 Å². The summed E-state index contributed by atoms with van der Waals surface area (Å²) in [6.45, 7) is -0.0700. The molecule has 0 aromatic heterocycles. The smallest absolute Gasteiger partial charge is 0.269 e. The fraction of sp³-hybridized carbons (Fsp3) is 0.160. The molecule has 1 aliphatic rings. The third-order valence-electron chi connectivity index (χ3n) is 5.30. The van der Waals surface area contributed by atoms with Crippen LogP contribution in [0.15, 0.2) is 66.7 Å². The number of fused-ring (bicyclic) bond motifs is 1. The average Bonchev–Trinajstić information content (AvgIpc) is 3.09. The molecule has 3 aromatic rings. The van der Waals surface area contributed by atoms with Gasteiger partial charge < -0.3 is 14.7 Å². The van der Waals surface area contributed by atoms with Crippen LogP contribution >= 0.6 is 11.6 Å². The molecule has 3 aromatic carbocycles. The van der Waals surface area contributed by atoms with Crippen molar-refractivity contribution in [1.82, 2.24) is 4.90 Å². The van der Waals surface area contributed by atoms with Gasteiger partial charge in [-0.15, -0.1) is 0 Å². The van der Waals surface area contributed by atoms with Crippen LogP contribution in [0, 0.1) is 22.0 Å². The molecule has 0 aliphatic carbocycles. The lowest BCUT2D eigenvalue weighted by atomic mass is 9.96. The minimum atomic E-state index is -0.720. The third kappa shape index (κ3) is 4.73. The quantitative estimate of drug-likeness (QED) is 0.329. The van der Waals surface area contributed by atoms with Crippen LogP contribution in [0.4, 0.5) is 5.69 Å². The van der Waals surface area contributed by atoms with Gasteiger partial charge in [0, 0.05) is 34.8 Å². The number of hydrogen-bond acceptors (Lipinski definition) is 5. The van der Waals surface area contributed by atoms with Gasteiger partial charge in [-0.25, -0.2) is 0 Å². The van der Waals surface area contributed by atoms with Crippen molar-refractivity contribution < 1.29 is 19.6 Å². The van der Waals surface area contributed by atoms with E-state index in [1.165, 1.54) is 12.1 Å². The van der Waals surface area contributed by atoms with Gasteiger partial charge in [-0.1, -0.05) is 59.8 Å². The Morgan fingerprint density at radius 2 is 1.73 bits per heavy atom. The number of nitrogens with zero attached hydrogens (tertiary/aromatic N) is 2. The number of rotatable bonds is 6. The number of nitro groups is 1. The summed E-state index contributed by atoms with van der Waals surface area (Å²) in [5, 5.41) is 20.5. The first kappa shape index (κ1) is 22.5. The SMILES string of the molecule is O=C1c2cccc(-c3ccc(Cl)cc3)c2C(OCC#CCO)N1Cc1ccc([N+](=O)[O-])cc1. The van der Waals surface area contributed by atoms with Gasteiger partial charge in [0.15, 0.2) is 6.23 Å². The molecule has 8 heteroatoms. The monoisotopic (exact) mass is 462 g/mol. The fourth-order valence-electron chi connectivity index (χ4n) is 3.79. The second kappa shape index (κ2) is 9.84. The van der Waals surface area contributed by atoms with Gasteiger partial charge in [0.05, 0.1) is 4.92 Å². The summed E-state index contributed by atoms with van der Waals surface area (Å²) in [6.07, 6.45) is -0.720. The highest BCUT2D eigenvalue weighted by atomic mass is 35.5. The molecule has 1 N–H and O–H groups in total. The van der Waals surface area contributed by atoms with Crippen molar-refractivity contribution >= 4 is 23.2 Å². The molecule has 7 nitrogen and oxygen atoms in total. The number of amides is 1. The zero-order valence-electron chi connectivity index (χ0n) is 17.4. The number of ether oxygens (including phenoxy) is 1. The van der Waals surface area contributed by atoms with E-state index in [2.05, 4.69) is 11.8 Å². The minimum Gasteiger partial charge on any atom is -0.384 e. The third-order valence-corrected chi connectivity index (χ3v) is 5.55. The predicted molar refractivity (Wildman–Crippen MR) is 123 cm³/mol. The van der Waals surface area contributed by atoms with Gasteiger partial charge in [-0.3, -0.25) is 14.9 Å². The van der Waals surface area contributed by atoms with Crippen LogP contribution in [0.5, 0.6) is 0 Å². The van der Waals surface area contributed by atoms with E-state index >= 15 is 0 Å². The van der Waals surface area contributed by atoms with Crippen LogP contribution in [-0.2, 0) is 11.3 Å². The second-order valence-corrected chi connectivity index (χ2v) is 7.74. The van der Waals surface area contributed by atoms with Crippen LogP contribution in [-0.4, -0.2) is 34.1 Å². The lowest BCUT2D eigenvalue weighted by Crippen LogP contribution is -2.29. The lowest BCUT2D eigenvalue weighted by Gasteiger charge is -2.26. The Bertz CT molecular complexity index is 1250. The van der Waals surface area contributed by atoms with Crippen molar-refractivity contribution in [2.75, 3.05) is 13.2 Å². The zero-order chi connectivity index (χ0) is 23.4. The van der Waals surface area contributed by atoms with Crippen LogP contribution in [0.1, 0.15) is 27.7 Å². The lowest BCUT2D eigenvalue weighted by molar-refractivity contribution is -0.384. The van der Waals surface area contributed by atoms with E-state index in [4.69, 9.17) is 21.4 Å². The Morgan fingerprint density at radius 3 is 2.39 bits per heavy atom. The number of halogens is 1. The summed E-state index contributed by atoms with van der Waals surface area (Å²) < 4.78 is 6.02. The van der Waals surface area contributed by atoms with Gasteiger partial charge in [0.1, 0.15) is 13.2 Å². The van der Waals surface area contributed by atoms with Gasteiger partial charge in [0.25, 0.3) is 11.6 Å². The number of carbonyl (C=O) groups is 1. The molecule has 1 atom stereocenters.